The lowest BCUT2D eigenvalue weighted by Gasteiger charge is -2.21. The molecule has 21 heavy (non-hydrogen) atoms. The molecule has 0 heterocycles. The van der Waals surface area contributed by atoms with Crippen molar-refractivity contribution in [2.45, 2.75) is 51.1 Å². The van der Waals surface area contributed by atoms with Crippen LogP contribution in [0.25, 0.3) is 0 Å². The van der Waals surface area contributed by atoms with Gasteiger partial charge in [0.15, 0.2) is 0 Å². The second-order valence-electron chi connectivity index (χ2n) is 6.36. The van der Waals surface area contributed by atoms with Crippen LogP contribution >= 0.6 is 0 Å². The number of nitrogens with two attached hydrogens (primary N) is 1. The van der Waals surface area contributed by atoms with E-state index in [9.17, 15) is 4.79 Å². The molecular formula is C18H24N2O. The average molecular weight is 284 g/mol. The topological polar surface area (TPSA) is 55.1 Å². The summed E-state index contributed by atoms with van der Waals surface area (Å²) < 4.78 is 0. The van der Waals surface area contributed by atoms with E-state index in [0.29, 0.717) is 0 Å². The third kappa shape index (κ3) is 3.18. The van der Waals surface area contributed by atoms with Crippen molar-refractivity contribution in [3.63, 3.8) is 0 Å². The van der Waals surface area contributed by atoms with Crippen molar-refractivity contribution >= 4 is 5.91 Å². The first-order valence-electron chi connectivity index (χ1n) is 7.99. The molecule has 1 aromatic carbocycles. The van der Waals surface area contributed by atoms with Crippen LogP contribution in [0.3, 0.4) is 0 Å². The van der Waals surface area contributed by atoms with Crippen LogP contribution in [0, 0.1) is 5.92 Å². The van der Waals surface area contributed by atoms with Crippen LogP contribution in [0.1, 0.15) is 48.9 Å². The molecule has 0 saturated carbocycles. The Labute approximate surface area is 126 Å². The van der Waals surface area contributed by atoms with Crippen molar-refractivity contribution in [2.75, 3.05) is 0 Å². The molecule has 0 aliphatic heterocycles. The number of hydrogen-bond acceptors (Lipinski definition) is 2. The van der Waals surface area contributed by atoms with E-state index in [4.69, 9.17) is 5.73 Å². The van der Waals surface area contributed by atoms with Crippen LogP contribution in [0.15, 0.2) is 30.4 Å². The SMILES string of the molecule is CC(NC(=O)C1C=CC(N)C1)c1ccc2c(c1)CCCC2. The van der Waals surface area contributed by atoms with Crippen molar-refractivity contribution in [1.29, 1.82) is 0 Å². The van der Waals surface area contributed by atoms with Crippen molar-refractivity contribution in [3.8, 4) is 0 Å². The number of aryl methyl sites for hydroxylation is 2. The zero-order valence-electron chi connectivity index (χ0n) is 12.6. The monoisotopic (exact) mass is 284 g/mol. The highest BCUT2D eigenvalue weighted by Crippen LogP contribution is 2.25. The van der Waals surface area contributed by atoms with E-state index in [1.54, 1.807) is 0 Å². The number of benzene rings is 1. The molecule has 1 amide bonds. The maximum atomic E-state index is 12.2. The molecule has 0 fully saturated rings. The number of carbonyl (C=O) groups excluding carboxylic acids is 1. The fourth-order valence-corrected chi connectivity index (χ4v) is 3.35. The lowest BCUT2D eigenvalue weighted by molar-refractivity contribution is -0.124. The van der Waals surface area contributed by atoms with Crippen LogP contribution in [-0.4, -0.2) is 11.9 Å². The van der Waals surface area contributed by atoms with Gasteiger partial charge in [-0.05, 0) is 55.7 Å². The van der Waals surface area contributed by atoms with Gasteiger partial charge in [0.2, 0.25) is 5.91 Å². The van der Waals surface area contributed by atoms with E-state index >= 15 is 0 Å². The third-order valence-corrected chi connectivity index (χ3v) is 4.68. The van der Waals surface area contributed by atoms with Gasteiger partial charge in [-0.2, -0.15) is 0 Å². The Hall–Kier alpha value is -1.61. The van der Waals surface area contributed by atoms with Crippen LogP contribution in [0.4, 0.5) is 0 Å². The minimum Gasteiger partial charge on any atom is -0.349 e. The first-order chi connectivity index (χ1) is 10.1. The van der Waals surface area contributed by atoms with Gasteiger partial charge < -0.3 is 11.1 Å². The molecule has 3 N–H and O–H groups in total. The average Bonchev–Trinajstić information content (AvgIpc) is 2.93. The highest BCUT2D eigenvalue weighted by Gasteiger charge is 2.24. The Kier molecular flexibility index (Phi) is 4.11. The van der Waals surface area contributed by atoms with Gasteiger partial charge in [0.05, 0.1) is 12.0 Å². The lowest BCUT2D eigenvalue weighted by atomic mass is 9.89. The molecule has 112 valence electrons. The fourth-order valence-electron chi connectivity index (χ4n) is 3.35. The summed E-state index contributed by atoms with van der Waals surface area (Å²) in [6.45, 7) is 2.06. The predicted molar refractivity (Wildman–Crippen MR) is 84.9 cm³/mol. The summed E-state index contributed by atoms with van der Waals surface area (Å²) in [6, 6.07) is 6.74. The Morgan fingerprint density at radius 1 is 1.24 bits per heavy atom. The summed E-state index contributed by atoms with van der Waals surface area (Å²) >= 11 is 0. The van der Waals surface area contributed by atoms with Gasteiger partial charge in [0.25, 0.3) is 0 Å². The van der Waals surface area contributed by atoms with Crippen LogP contribution in [0.2, 0.25) is 0 Å². The molecule has 3 nitrogen and oxygen atoms in total. The van der Waals surface area contributed by atoms with E-state index < -0.39 is 0 Å². The first kappa shape index (κ1) is 14.3. The van der Waals surface area contributed by atoms with Crippen molar-refractivity contribution in [1.82, 2.24) is 5.32 Å². The maximum absolute atomic E-state index is 12.2. The smallest absolute Gasteiger partial charge is 0.227 e. The first-order valence-corrected chi connectivity index (χ1v) is 7.99. The quantitative estimate of drug-likeness (QED) is 0.838. The standard InChI is InChI=1S/C18H24N2O/c1-12(20-18(21)16-8-9-17(19)11-16)14-7-6-13-4-2-3-5-15(13)10-14/h6-10,12,16-17H,2-5,11,19H2,1H3,(H,20,21). The van der Waals surface area contributed by atoms with E-state index in [2.05, 4.69) is 30.4 Å². The highest BCUT2D eigenvalue weighted by atomic mass is 16.1. The third-order valence-electron chi connectivity index (χ3n) is 4.68. The van der Waals surface area contributed by atoms with E-state index in [-0.39, 0.29) is 23.9 Å². The summed E-state index contributed by atoms with van der Waals surface area (Å²) in [5.41, 5.74) is 9.96. The molecule has 3 atom stereocenters. The van der Waals surface area contributed by atoms with Crippen LogP contribution in [-0.2, 0) is 17.6 Å². The van der Waals surface area contributed by atoms with Crippen molar-refractivity contribution in [3.05, 3.63) is 47.0 Å². The Balaban J connectivity index is 1.66. The second-order valence-corrected chi connectivity index (χ2v) is 6.36. The van der Waals surface area contributed by atoms with Crippen LogP contribution < -0.4 is 11.1 Å². The molecule has 0 radical (unpaired) electrons. The normalized spacial score (nSPS) is 25.4. The molecule has 3 unspecified atom stereocenters. The zero-order valence-corrected chi connectivity index (χ0v) is 12.6. The number of carbonyl (C=O) groups is 1. The maximum Gasteiger partial charge on any atom is 0.227 e. The van der Waals surface area contributed by atoms with E-state index in [0.717, 1.165) is 6.42 Å². The van der Waals surface area contributed by atoms with Gasteiger partial charge >= 0.3 is 0 Å². The van der Waals surface area contributed by atoms with Gasteiger partial charge in [-0.3, -0.25) is 4.79 Å². The number of rotatable bonds is 3. The molecule has 0 saturated heterocycles. The largest absolute Gasteiger partial charge is 0.349 e. The van der Waals surface area contributed by atoms with Crippen LogP contribution in [0.5, 0.6) is 0 Å². The van der Waals surface area contributed by atoms with Gasteiger partial charge in [-0.15, -0.1) is 0 Å². The predicted octanol–water partition coefficient (Wildman–Crippen LogP) is 2.65. The Bertz CT molecular complexity index is 564. The summed E-state index contributed by atoms with van der Waals surface area (Å²) in [4.78, 5) is 12.2. The van der Waals surface area contributed by atoms with Crippen molar-refractivity contribution in [2.24, 2.45) is 11.7 Å². The Morgan fingerprint density at radius 3 is 2.71 bits per heavy atom. The summed E-state index contributed by atoms with van der Waals surface area (Å²) in [6.07, 6.45) is 9.52. The number of hydrogen-bond donors (Lipinski definition) is 2. The fraction of sp³-hybridized carbons (Fsp3) is 0.500. The minimum absolute atomic E-state index is 0.0276. The molecule has 3 heteroatoms. The van der Waals surface area contributed by atoms with Gasteiger partial charge in [-0.1, -0.05) is 30.4 Å². The number of nitrogens with one attached hydrogen (secondary N) is 1. The Morgan fingerprint density at radius 2 is 2.00 bits per heavy atom. The lowest BCUT2D eigenvalue weighted by Crippen LogP contribution is -2.32. The minimum atomic E-state index is -0.0694. The second kappa shape index (κ2) is 6.02. The zero-order chi connectivity index (χ0) is 14.8. The number of fused-ring (bicyclic) bond motifs is 1. The molecule has 0 bridgehead atoms. The van der Waals surface area contributed by atoms with Gasteiger partial charge in [-0.25, -0.2) is 0 Å². The van der Waals surface area contributed by atoms with E-state index in [1.165, 1.54) is 42.4 Å². The molecule has 0 spiro atoms. The molecule has 1 aromatic rings. The summed E-state index contributed by atoms with van der Waals surface area (Å²) in [7, 11) is 0. The summed E-state index contributed by atoms with van der Waals surface area (Å²) in [5.74, 6) is 0.0181. The summed E-state index contributed by atoms with van der Waals surface area (Å²) in [5, 5.41) is 3.12. The molecule has 0 aromatic heterocycles. The van der Waals surface area contributed by atoms with Gasteiger partial charge in [0, 0.05) is 6.04 Å². The molecular weight excluding hydrogens is 260 g/mol. The molecule has 2 aliphatic carbocycles. The van der Waals surface area contributed by atoms with Crippen molar-refractivity contribution < 1.29 is 4.79 Å². The highest BCUT2D eigenvalue weighted by molar-refractivity contribution is 5.81. The van der Waals surface area contributed by atoms with Gasteiger partial charge in [0.1, 0.15) is 0 Å². The molecule has 2 aliphatic rings. The van der Waals surface area contributed by atoms with E-state index in [1.807, 2.05) is 12.2 Å². The number of amides is 1. The molecule has 3 rings (SSSR count).